The summed E-state index contributed by atoms with van der Waals surface area (Å²) in [6.45, 7) is 9.11. The average molecular weight is 311 g/mol. The van der Waals surface area contributed by atoms with E-state index < -0.39 is 0 Å². The van der Waals surface area contributed by atoms with E-state index in [1.807, 2.05) is 32.6 Å². The van der Waals surface area contributed by atoms with Crippen LogP contribution in [0.5, 0.6) is 0 Å². The van der Waals surface area contributed by atoms with Crippen molar-refractivity contribution in [3.05, 3.63) is 0 Å². The normalized spacial score (nSPS) is 27.5. The van der Waals surface area contributed by atoms with Crippen LogP contribution in [0, 0.1) is 11.8 Å². The van der Waals surface area contributed by atoms with Crippen molar-refractivity contribution < 1.29 is 4.79 Å². The summed E-state index contributed by atoms with van der Waals surface area (Å²) in [6, 6.07) is 0.524. The molecule has 2 aliphatic rings. The molecule has 0 aliphatic heterocycles. The van der Waals surface area contributed by atoms with E-state index in [1.165, 1.54) is 25.7 Å². The number of nitrogens with one attached hydrogen (secondary N) is 2. The molecule has 4 nitrogen and oxygen atoms in total. The van der Waals surface area contributed by atoms with Gasteiger partial charge in [0.1, 0.15) is 0 Å². The Bertz CT molecular complexity index is 405. The van der Waals surface area contributed by atoms with Gasteiger partial charge in [-0.2, -0.15) is 0 Å². The molecule has 0 radical (unpaired) electrons. The van der Waals surface area contributed by atoms with E-state index >= 15 is 0 Å². The van der Waals surface area contributed by atoms with Crippen LogP contribution in [0.15, 0.2) is 0 Å². The van der Waals surface area contributed by atoms with Gasteiger partial charge in [0.2, 0.25) is 5.91 Å². The quantitative estimate of drug-likeness (QED) is 0.782. The van der Waals surface area contributed by atoms with Gasteiger partial charge in [0.25, 0.3) is 0 Å². The van der Waals surface area contributed by atoms with Gasteiger partial charge in [-0.05, 0) is 71.0 Å². The number of carbonyl (C=O) groups is 1. The predicted molar refractivity (Wildman–Crippen MR) is 90.1 cm³/mol. The largest absolute Gasteiger partial charge is 0.360 e. The van der Waals surface area contributed by atoms with Crippen LogP contribution in [0.25, 0.3) is 0 Å². The third kappa shape index (κ3) is 4.56. The van der Waals surface area contributed by atoms with Crippen LogP contribution in [0.4, 0.5) is 0 Å². The van der Waals surface area contributed by atoms with Gasteiger partial charge in [0, 0.05) is 18.1 Å². The standard InChI is InChI=1S/C16H29N3OS/c1-5-19(10-14(20)18-16(2,3)4)15(21)17-13-9-11-6-7-12(13)8-11/h11-13H,5-10H2,1-4H3,(H,17,21)(H,18,20)/t11-,12+,13-/m0/s1. The summed E-state index contributed by atoms with van der Waals surface area (Å²) in [7, 11) is 0. The van der Waals surface area contributed by atoms with Gasteiger partial charge in [-0.3, -0.25) is 4.79 Å². The molecule has 0 heterocycles. The van der Waals surface area contributed by atoms with Crippen LogP contribution in [0.1, 0.15) is 53.4 Å². The second-order valence-electron chi connectivity index (χ2n) is 7.54. The van der Waals surface area contributed by atoms with Gasteiger partial charge in [0.05, 0.1) is 6.54 Å². The highest BCUT2D eigenvalue weighted by molar-refractivity contribution is 7.80. The molecule has 2 N–H and O–H groups in total. The van der Waals surface area contributed by atoms with Crippen LogP contribution in [0.3, 0.4) is 0 Å². The van der Waals surface area contributed by atoms with E-state index in [0.29, 0.717) is 12.6 Å². The summed E-state index contributed by atoms with van der Waals surface area (Å²) in [5.74, 6) is 1.71. The van der Waals surface area contributed by atoms with Gasteiger partial charge < -0.3 is 15.5 Å². The zero-order valence-corrected chi connectivity index (χ0v) is 14.6. The molecule has 3 atom stereocenters. The Balaban J connectivity index is 1.82. The van der Waals surface area contributed by atoms with Crippen molar-refractivity contribution in [1.29, 1.82) is 0 Å². The summed E-state index contributed by atoms with van der Waals surface area (Å²) in [5, 5.41) is 7.23. The number of fused-ring (bicyclic) bond motifs is 2. The fourth-order valence-electron chi connectivity index (χ4n) is 3.63. The number of hydrogen-bond acceptors (Lipinski definition) is 2. The van der Waals surface area contributed by atoms with Gasteiger partial charge >= 0.3 is 0 Å². The van der Waals surface area contributed by atoms with Crippen molar-refractivity contribution >= 4 is 23.2 Å². The summed E-state index contributed by atoms with van der Waals surface area (Å²) in [6.07, 6.45) is 5.33. The molecule has 0 saturated heterocycles. The number of rotatable bonds is 4. The highest BCUT2D eigenvalue weighted by Gasteiger charge is 2.40. The van der Waals surface area contributed by atoms with Gasteiger partial charge in [-0.1, -0.05) is 6.42 Å². The summed E-state index contributed by atoms with van der Waals surface area (Å²) in [5.41, 5.74) is -0.198. The van der Waals surface area contributed by atoms with Crippen molar-refractivity contribution in [3.8, 4) is 0 Å². The van der Waals surface area contributed by atoms with Crippen molar-refractivity contribution in [1.82, 2.24) is 15.5 Å². The monoisotopic (exact) mass is 311 g/mol. The van der Waals surface area contributed by atoms with E-state index in [1.54, 1.807) is 0 Å². The zero-order chi connectivity index (χ0) is 15.6. The molecular formula is C16H29N3OS. The molecule has 2 fully saturated rings. The third-order valence-electron chi connectivity index (χ3n) is 4.56. The van der Waals surface area contributed by atoms with Crippen molar-refractivity contribution in [3.63, 3.8) is 0 Å². The molecular weight excluding hydrogens is 282 g/mol. The Morgan fingerprint density at radius 2 is 2.00 bits per heavy atom. The smallest absolute Gasteiger partial charge is 0.240 e. The van der Waals surface area contributed by atoms with E-state index in [9.17, 15) is 4.79 Å². The van der Waals surface area contributed by atoms with Crippen molar-refractivity contribution in [2.24, 2.45) is 11.8 Å². The number of thiocarbonyl (C=S) groups is 1. The Hall–Kier alpha value is -0.840. The number of nitrogens with zero attached hydrogens (tertiary/aromatic N) is 1. The van der Waals surface area contributed by atoms with Gasteiger partial charge in [-0.15, -0.1) is 0 Å². The topological polar surface area (TPSA) is 44.4 Å². The third-order valence-corrected chi connectivity index (χ3v) is 4.94. The second-order valence-corrected chi connectivity index (χ2v) is 7.93. The Labute approximate surface area is 134 Å². The maximum atomic E-state index is 12.1. The van der Waals surface area contributed by atoms with Crippen LogP contribution in [-0.4, -0.2) is 40.6 Å². The first-order valence-corrected chi connectivity index (χ1v) is 8.55. The number of likely N-dealkylation sites (N-methyl/N-ethyl adjacent to an activating group) is 1. The molecule has 0 unspecified atom stereocenters. The molecule has 21 heavy (non-hydrogen) atoms. The molecule has 5 heteroatoms. The van der Waals surface area contributed by atoms with Crippen LogP contribution < -0.4 is 10.6 Å². The summed E-state index contributed by atoms with van der Waals surface area (Å²) < 4.78 is 0. The lowest BCUT2D eigenvalue weighted by atomic mass is 9.95. The highest BCUT2D eigenvalue weighted by atomic mass is 32.1. The lowest BCUT2D eigenvalue weighted by Gasteiger charge is -2.31. The number of amides is 1. The molecule has 120 valence electrons. The molecule has 0 spiro atoms. The van der Waals surface area contributed by atoms with Gasteiger partial charge in [0.15, 0.2) is 5.11 Å². The van der Waals surface area contributed by atoms with Crippen LogP contribution in [-0.2, 0) is 4.79 Å². The Morgan fingerprint density at radius 1 is 1.29 bits per heavy atom. The molecule has 2 saturated carbocycles. The average Bonchev–Trinajstić information content (AvgIpc) is 2.95. The molecule has 2 aliphatic carbocycles. The molecule has 1 amide bonds. The minimum absolute atomic E-state index is 0.0291. The SMILES string of the molecule is CCN(CC(=O)NC(C)(C)C)C(=S)N[C@H]1C[C@H]2CC[C@@H]1C2. The molecule has 0 aromatic rings. The maximum Gasteiger partial charge on any atom is 0.240 e. The fraction of sp³-hybridized carbons (Fsp3) is 0.875. The Morgan fingerprint density at radius 3 is 2.48 bits per heavy atom. The van der Waals surface area contributed by atoms with Crippen molar-refractivity contribution in [2.75, 3.05) is 13.1 Å². The first-order valence-electron chi connectivity index (χ1n) is 8.15. The number of hydrogen-bond donors (Lipinski definition) is 2. The first kappa shape index (κ1) is 16.5. The van der Waals surface area contributed by atoms with Crippen LogP contribution in [0.2, 0.25) is 0 Å². The molecule has 2 bridgehead atoms. The lowest BCUT2D eigenvalue weighted by molar-refractivity contribution is -0.122. The minimum Gasteiger partial charge on any atom is -0.360 e. The van der Waals surface area contributed by atoms with E-state index in [-0.39, 0.29) is 11.4 Å². The Kier molecular flexibility index (Phi) is 5.12. The summed E-state index contributed by atoms with van der Waals surface area (Å²) >= 11 is 5.52. The van der Waals surface area contributed by atoms with E-state index in [4.69, 9.17) is 12.2 Å². The van der Waals surface area contributed by atoms with Crippen LogP contribution >= 0.6 is 12.2 Å². The van der Waals surface area contributed by atoms with E-state index in [0.717, 1.165) is 23.5 Å². The second kappa shape index (κ2) is 6.51. The van der Waals surface area contributed by atoms with Crippen molar-refractivity contribution in [2.45, 2.75) is 65.0 Å². The summed E-state index contributed by atoms with van der Waals surface area (Å²) in [4.78, 5) is 14.0. The fourth-order valence-corrected chi connectivity index (χ4v) is 3.97. The first-order chi connectivity index (χ1) is 9.78. The highest BCUT2D eigenvalue weighted by Crippen LogP contribution is 2.44. The maximum absolute atomic E-state index is 12.1. The minimum atomic E-state index is -0.198. The predicted octanol–water partition coefficient (Wildman–Crippen LogP) is 2.29. The van der Waals surface area contributed by atoms with E-state index in [2.05, 4.69) is 10.6 Å². The number of carbonyl (C=O) groups excluding carboxylic acids is 1. The van der Waals surface area contributed by atoms with Gasteiger partial charge in [-0.25, -0.2) is 0 Å². The lowest BCUT2D eigenvalue weighted by Crippen LogP contribution is -2.51. The molecule has 0 aromatic heterocycles. The zero-order valence-electron chi connectivity index (χ0n) is 13.7. The molecule has 0 aromatic carbocycles. The molecule has 2 rings (SSSR count).